The maximum absolute atomic E-state index is 11.1. The van der Waals surface area contributed by atoms with Crippen LogP contribution in [-0.4, -0.2) is 40.3 Å². The first-order chi connectivity index (χ1) is 7.09. The Kier molecular flexibility index (Phi) is 4.98. The highest BCUT2D eigenvalue weighted by atomic mass is 32.2. The molecule has 6 heteroatoms. The van der Waals surface area contributed by atoms with Crippen molar-refractivity contribution in [2.75, 3.05) is 25.9 Å². The van der Waals surface area contributed by atoms with Gasteiger partial charge in [0.1, 0.15) is 0 Å². The molecule has 2 atom stereocenters. The van der Waals surface area contributed by atoms with Gasteiger partial charge in [-0.3, -0.25) is 0 Å². The molecule has 0 bridgehead atoms. The minimum atomic E-state index is -3.08. The van der Waals surface area contributed by atoms with E-state index in [9.17, 15) is 8.42 Å². The monoisotopic (exact) mass is 235 g/mol. The average Bonchev–Trinajstić information content (AvgIpc) is 2.65. The lowest BCUT2D eigenvalue weighted by atomic mass is 10.0. The summed E-state index contributed by atoms with van der Waals surface area (Å²) < 4.78 is 24.6. The van der Waals surface area contributed by atoms with E-state index >= 15 is 0 Å². The van der Waals surface area contributed by atoms with Crippen LogP contribution in [0.5, 0.6) is 0 Å². The summed E-state index contributed by atoms with van der Waals surface area (Å²) in [7, 11) is -1.64. The first-order valence-corrected chi connectivity index (χ1v) is 7.09. The number of nitrogens with two attached hydrogens (primary N) is 1. The fourth-order valence-corrected chi connectivity index (χ4v) is 2.66. The highest BCUT2D eigenvalue weighted by Gasteiger charge is 2.25. The quantitative estimate of drug-likeness (QED) is 0.566. The maximum Gasteiger partial charge on any atom is 0.212 e. The van der Waals surface area contributed by atoms with Crippen molar-refractivity contribution in [2.24, 2.45) is 11.7 Å². The van der Waals surface area contributed by atoms with Crippen LogP contribution in [0.4, 0.5) is 0 Å². The van der Waals surface area contributed by atoms with E-state index in [0.29, 0.717) is 25.0 Å². The lowest BCUT2D eigenvalue weighted by Gasteiger charge is -2.19. The zero-order valence-electron chi connectivity index (χ0n) is 9.20. The fourth-order valence-electron chi connectivity index (χ4n) is 2.07. The predicted octanol–water partition coefficient (Wildman–Crippen LogP) is -0.747. The lowest BCUT2D eigenvalue weighted by molar-refractivity contribution is 0.416. The van der Waals surface area contributed by atoms with Gasteiger partial charge in [-0.05, 0) is 32.4 Å². The largest absolute Gasteiger partial charge is 0.330 e. The Labute approximate surface area is 91.9 Å². The number of sulfonamides is 1. The minimum absolute atomic E-state index is 0.136. The van der Waals surface area contributed by atoms with E-state index in [1.165, 1.54) is 13.5 Å². The van der Waals surface area contributed by atoms with Crippen LogP contribution in [0.3, 0.4) is 0 Å². The number of hydrogen-bond donors (Lipinski definition) is 3. The van der Waals surface area contributed by atoms with Gasteiger partial charge in [0.05, 0.1) is 5.75 Å². The number of nitrogens with one attached hydrogen (secondary N) is 2. The Morgan fingerprint density at radius 1 is 1.40 bits per heavy atom. The molecule has 0 spiro atoms. The Balaban J connectivity index is 2.25. The second kappa shape index (κ2) is 5.79. The predicted molar refractivity (Wildman–Crippen MR) is 61.0 cm³/mol. The van der Waals surface area contributed by atoms with E-state index in [4.69, 9.17) is 5.73 Å². The van der Waals surface area contributed by atoms with Crippen molar-refractivity contribution >= 4 is 10.0 Å². The molecule has 1 aliphatic rings. The molecule has 0 aromatic heterocycles. The van der Waals surface area contributed by atoms with Gasteiger partial charge in [-0.25, -0.2) is 13.1 Å². The maximum atomic E-state index is 11.1. The van der Waals surface area contributed by atoms with Crippen LogP contribution < -0.4 is 15.8 Å². The molecule has 2 unspecified atom stereocenters. The smallest absolute Gasteiger partial charge is 0.212 e. The van der Waals surface area contributed by atoms with E-state index in [0.717, 1.165) is 12.8 Å². The number of hydrogen-bond acceptors (Lipinski definition) is 4. The third kappa shape index (κ3) is 4.06. The van der Waals surface area contributed by atoms with Crippen LogP contribution in [0.1, 0.15) is 19.3 Å². The Morgan fingerprint density at radius 2 is 2.13 bits per heavy atom. The molecule has 0 amide bonds. The minimum Gasteiger partial charge on any atom is -0.330 e. The van der Waals surface area contributed by atoms with E-state index in [2.05, 4.69) is 10.0 Å². The van der Waals surface area contributed by atoms with E-state index < -0.39 is 10.0 Å². The van der Waals surface area contributed by atoms with E-state index in [1.807, 2.05) is 0 Å². The SMILES string of the molecule is CNS(=O)(=O)CCNC1CCCC1CN. The zero-order chi connectivity index (χ0) is 11.3. The zero-order valence-corrected chi connectivity index (χ0v) is 10.0. The summed E-state index contributed by atoms with van der Waals surface area (Å²) in [6.07, 6.45) is 3.47. The van der Waals surface area contributed by atoms with Crippen molar-refractivity contribution in [3.8, 4) is 0 Å². The molecule has 0 radical (unpaired) electrons. The van der Waals surface area contributed by atoms with Crippen LogP contribution in [-0.2, 0) is 10.0 Å². The summed E-state index contributed by atoms with van der Waals surface area (Å²) in [4.78, 5) is 0. The van der Waals surface area contributed by atoms with Gasteiger partial charge in [0.25, 0.3) is 0 Å². The van der Waals surface area contributed by atoms with E-state index in [1.54, 1.807) is 0 Å². The summed E-state index contributed by atoms with van der Waals surface area (Å²) in [5.74, 6) is 0.652. The summed E-state index contributed by atoms with van der Waals surface area (Å²) in [6, 6.07) is 0.405. The van der Waals surface area contributed by atoms with Crippen molar-refractivity contribution < 1.29 is 8.42 Å². The molecule has 0 aliphatic heterocycles. The topological polar surface area (TPSA) is 84.2 Å². The molecule has 0 aromatic carbocycles. The van der Waals surface area contributed by atoms with Gasteiger partial charge < -0.3 is 11.1 Å². The van der Waals surface area contributed by atoms with Gasteiger partial charge in [0.15, 0.2) is 0 Å². The molecule has 15 heavy (non-hydrogen) atoms. The molecule has 0 heterocycles. The molecule has 4 N–H and O–H groups in total. The first kappa shape index (κ1) is 12.9. The summed E-state index contributed by atoms with van der Waals surface area (Å²) in [5.41, 5.74) is 5.64. The second-order valence-corrected chi connectivity index (χ2v) is 6.06. The third-order valence-electron chi connectivity index (χ3n) is 3.05. The normalized spacial score (nSPS) is 27.1. The molecule has 1 saturated carbocycles. The highest BCUT2D eigenvalue weighted by molar-refractivity contribution is 7.89. The van der Waals surface area contributed by atoms with Gasteiger partial charge in [0, 0.05) is 12.6 Å². The molecular formula is C9H21N3O2S. The van der Waals surface area contributed by atoms with Crippen LogP contribution in [0.2, 0.25) is 0 Å². The summed E-state index contributed by atoms with van der Waals surface area (Å²) in [6.45, 7) is 1.20. The molecule has 5 nitrogen and oxygen atoms in total. The molecule has 90 valence electrons. The van der Waals surface area contributed by atoms with Crippen molar-refractivity contribution in [2.45, 2.75) is 25.3 Å². The van der Waals surface area contributed by atoms with Crippen molar-refractivity contribution in [3.05, 3.63) is 0 Å². The van der Waals surface area contributed by atoms with Crippen molar-refractivity contribution in [1.82, 2.24) is 10.0 Å². The molecule has 1 aliphatic carbocycles. The van der Waals surface area contributed by atoms with Gasteiger partial charge >= 0.3 is 0 Å². The average molecular weight is 235 g/mol. The second-order valence-electron chi connectivity index (χ2n) is 4.01. The van der Waals surface area contributed by atoms with Crippen molar-refractivity contribution in [1.29, 1.82) is 0 Å². The molecule has 1 rings (SSSR count). The van der Waals surface area contributed by atoms with Gasteiger partial charge in [-0.2, -0.15) is 0 Å². The van der Waals surface area contributed by atoms with Gasteiger partial charge in [0.2, 0.25) is 10.0 Å². The van der Waals surface area contributed by atoms with Crippen LogP contribution >= 0.6 is 0 Å². The van der Waals surface area contributed by atoms with Crippen molar-refractivity contribution in [3.63, 3.8) is 0 Å². The molecular weight excluding hydrogens is 214 g/mol. The molecule has 1 fully saturated rings. The van der Waals surface area contributed by atoms with Gasteiger partial charge in [-0.1, -0.05) is 6.42 Å². The number of rotatable bonds is 6. The molecule has 0 saturated heterocycles. The standard InChI is InChI=1S/C9H21N3O2S/c1-11-15(13,14)6-5-12-9-4-2-3-8(9)7-10/h8-9,11-12H,2-7,10H2,1H3. The van der Waals surface area contributed by atoms with E-state index in [-0.39, 0.29) is 5.75 Å². The Hall–Kier alpha value is -0.170. The van der Waals surface area contributed by atoms with Crippen LogP contribution in [0.25, 0.3) is 0 Å². The third-order valence-corrected chi connectivity index (χ3v) is 4.41. The van der Waals surface area contributed by atoms with Crippen LogP contribution in [0.15, 0.2) is 0 Å². The highest BCUT2D eigenvalue weighted by Crippen LogP contribution is 2.24. The van der Waals surface area contributed by atoms with Gasteiger partial charge in [-0.15, -0.1) is 0 Å². The van der Waals surface area contributed by atoms with Crippen LogP contribution in [0, 0.1) is 5.92 Å². The first-order valence-electron chi connectivity index (χ1n) is 5.43. The summed E-state index contributed by atoms with van der Waals surface area (Å²) in [5, 5.41) is 3.27. The molecule has 0 aromatic rings. The Morgan fingerprint density at radius 3 is 2.73 bits per heavy atom. The fraction of sp³-hybridized carbons (Fsp3) is 1.00. The lowest BCUT2D eigenvalue weighted by Crippen LogP contribution is -2.39. The Bertz CT molecular complexity index is 279. The summed E-state index contributed by atoms with van der Waals surface area (Å²) >= 11 is 0.